The van der Waals surface area contributed by atoms with E-state index in [0.29, 0.717) is 16.7 Å². The van der Waals surface area contributed by atoms with Crippen molar-refractivity contribution in [2.45, 2.75) is 64.5 Å². The van der Waals surface area contributed by atoms with Crippen molar-refractivity contribution in [2.75, 3.05) is 44.8 Å². The first-order valence-corrected chi connectivity index (χ1v) is 15.8. The van der Waals surface area contributed by atoms with Crippen LogP contribution in [-0.4, -0.2) is 71.7 Å². The van der Waals surface area contributed by atoms with Crippen LogP contribution >= 0.6 is 0 Å². The van der Waals surface area contributed by atoms with E-state index in [1.807, 2.05) is 32.7 Å². The Bertz CT molecular complexity index is 1700. The smallest absolute Gasteiger partial charge is 0.270 e. The predicted octanol–water partition coefficient (Wildman–Crippen LogP) is 4.77. The Morgan fingerprint density at radius 1 is 1.11 bits per heavy atom. The second-order valence-electron chi connectivity index (χ2n) is 13.1. The second-order valence-corrected chi connectivity index (χ2v) is 13.1. The SMILES string of the molecule is Cn1c(=O)c(C#N)c(N(C)[C@H]2CC[C@H](/C(=N/OC(C)(C)C)c3cccc(CCN4CCOCC4)c3)CC2)c2nc(C#N)ccc21. The summed E-state index contributed by atoms with van der Waals surface area (Å²) in [5.74, 6) is 0.200. The molecule has 236 valence electrons. The largest absolute Gasteiger partial charge is 0.390 e. The minimum absolute atomic E-state index is 0.0481. The quantitative estimate of drug-likeness (QED) is 0.265. The number of hydrogen-bond donors (Lipinski definition) is 0. The van der Waals surface area contributed by atoms with Gasteiger partial charge in [-0.3, -0.25) is 9.69 Å². The second kappa shape index (κ2) is 13.8. The average Bonchev–Trinajstić information content (AvgIpc) is 3.05. The first kappa shape index (κ1) is 32.2. The lowest BCUT2D eigenvalue weighted by atomic mass is 9.80. The molecule has 1 saturated heterocycles. The molecule has 1 aliphatic carbocycles. The summed E-state index contributed by atoms with van der Waals surface area (Å²) in [4.78, 5) is 28.2. The van der Waals surface area contributed by atoms with Crippen LogP contribution in [-0.2, 0) is 23.0 Å². The van der Waals surface area contributed by atoms with Crippen molar-refractivity contribution in [3.8, 4) is 12.1 Å². The van der Waals surface area contributed by atoms with Crippen molar-refractivity contribution in [1.82, 2.24) is 14.5 Å². The van der Waals surface area contributed by atoms with E-state index in [0.717, 1.165) is 76.2 Å². The number of aromatic nitrogens is 2. The number of benzene rings is 1. The number of ether oxygens (including phenoxy) is 1. The van der Waals surface area contributed by atoms with E-state index in [-0.39, 0.29) is 28.8 Å². The zero-order valence-electron chi connectivity index (χ0n) is 27.0. The van der Waals surface area contributed by atoms with Crippen LogP contribution in [0.4, 0.5) is 5.69 Å². The third kappa shape index (κ3) is 7.36. The fourth-order valence-corrected chi connectivity index (χ4v) is 6.37. The Hall–Kier alpha value is -4.25. The molecule has 0 bridgehead atoms. The Kier molecular flexibility index (Phi) is 9.86. The molecule has 1 saturated carbocycles. The molecule has 2 fully saturated rings. The topological polar surface area (TPSA) is 120 Å². The Morgan fingerprint density at radius 2 is 1.84 bits per heavy atom. The van der Waals surface area contributed by atoms with Gasteiger partial charge in [0, 0.05) is 45.7 Å². The first-order chi connectivity index (χ1) is 21.6. The number of hydrogen-bond acceptors (Lipinski definition) is 9. The normalized spacial score (nSPS) is 19.6. The summed E-state index contributed by atoms with van der Waals surface area (Å²) in [6, 6.07) is 16.3. The summed E-state index contributed by atoms with van der Waals surface area (Å²) in [5.41, 5.74) is 4.43. The molecule has 0 unspecified atom stereocenters. The maximum atomic E-state index is 13.2. The number of oxime groups is 1. The van der Waals surface area contributed by atoms with Crippen molar-refractivity contribution in [3.05, 3.63) is 69.1 Å². The van der Waals surface area contributed by atoms with Crippen LogP contribution in [0.5, 0.6) is 0 Å². The molecule has 10 heteroatoms. The molecule has 3 aromatic rings. The van der Waals surface area contributed by atoms with Gasteiger partial charge in [-0.1, -0.05) is 23.4 Å². The van der Waals surface area contributed by atoms with E-state index < -0.39 is 5.60 Å². The molecular weight excluding hydrogens is 566 g/mol. The van der Waals surface area contributed by atoms with Gasteiger partial charge in [-0.25, -0.2) is 4.98 Å². The molecule has 0 N–H and O–H groups in total. The maximum absolute atomic E-state index is 13.2. The van der Waals surface area contributed by atoms with Crippen LogP contribution in [0.3, 0.4) is 0 Å². The summed E-state index contributed by atoms with van der Waals surface area (Å²) in [5, 5.41) is 24.3. The molecule has 0 radical (unpaired) electrons. The van der Waals surface area contributed by atoms with E-state index in [2.05, 4.69) is 46.3 Å². The number of nitriles is 2. The third-order valence-corrected chi connectivity index (χ3v) is 8.89. The highest BCUT2D eigenvalue weighted by Gasteiger charge is 2.31. The number of aryl methyl sites for hydroxylation is 1. The third-order valence-electron chi connectivity index (χ3n) is 8.89. The molecule has 2 aromatic heterocycles. The number of nitrogens with zero attached hydrogens (tertiary/aromatic N) is 7. The van der Waals surface area contributed by atoms with Crippen LogP contribution in [0, 0.1) is 28.6 Å². The number of pyridine rings is 2. The number of anilines is 1. The lowest BCUT2D eigenvalue weighted by Gasteiger charge is -2.37. The predicted molar refractivity (Wildman–Crippen MR) is 175 cm³/mol. The van der Waals surface area contributed by atoms with Crippen molar-refractivity contribution in [3.63, 3.8) is 0 Å². The fraction of sp³-hybridized carbons (Fsp3) is 0.514. The van der Waals surface area contributed by atoms with Gasteiger partial charge in [0.1, 0.15) is 34.5 Å². The van der Waals surface area contributed by atoms with E-state index in [9.17, 15) is 15.3 Å². The summed E-state index contributed by atoms with van der Waals surface area (Å²) < 4.78 is 6.94. The van der Waals surface area contributed by atoms with E-state index in [1.54, 1.807) is 19.2 Å². The molecular formula is C35H43N7O3. The summed E-state index contributed by atoms with van der Waals surface area (Å²) in [6.45, 7) is 10.6. The van der Waals surface area contributed by atoms with E-state index in [1.165, 1.54) is 10.1 Å². The number of morpholine rings is 1. The van der Waals surface area contributed by atoms with Gasteiger partial charge in [-0.15, -0.1) is 0 Å². The van der Waals surface area contributed by atoms with Crippen LogP contribution in [0.25, 0.3) is 11.0 Å². The maximum Gasteiger partial charge on any atom is 0.270 e. The minimum atomic E-state index is -0.417. The van der Waals surface area contributed by atoms with Crippen LogP contribution in [0.15, 0.2) is 46.3 Å². The van der Waals surface area contributed by atoms with Crippen LogP contribution in [0.1, 0.15) is 68.8 Å². The van der Waals surface area contributed by atoms with Crippen molar-refractivity contribution in [1.29, 1.82) is 10.5 Å². The summed E-state index contributed by atoms with van der Waals surface area (Å²) >= 11 is 0. The van der Waals surface area contributed by atoms with Crippen molar-refractivity contribution in [2.24, 2.45) is 18.1 Å². The summed E-state index contributed by atoms with van der Waals surface area (Å²) in [6.07, 6.45) is 4.39. The number of rotatable bonds is 8. The van der Waals surface area contributed by atoms with Crippen molar-refractivity contribution >= 4 is 22.4 Å². The van der Waals surface area contributed by atoms with Gasteiger partial charge >= 0.3 is 0 Å². The molecule has 0 amide bonds. The molecule has 2 aliphatic rings. The lowest BCUT2D eigenvalue weighted by molar-refractivity contribution is -0.0000307. The monoisotopic (exact) mass is 609 g/mol. The summed E-state index contributed by atoms with van der Waals surface area (Å²) in [7, 11) is 3.56. The zero-order chi connectivity index (χ0) is 32.1. The van der Waals surface area contributed by atoms with Gasteiger partial charge in [0.05, 0.1) is 30.1 Å². The lowest BCUT2D eigenvalue weighted by Crippen LogP contribution is -2.39. The Balaban J connectivity index is 1.38. The molecule has 0 atom stereocenters. The van der Waals surface area contributed by atoms with Gasteiger partial charge in [-0.05, 0) is 82.2 Å². The number of fused-ring (bicyclic) bond motifs is 1. The van der Waals surface area contributed by atoms with E-state index >= 15 is 0 Å². The molecule has 0 spiro atoms. The molecule has 45 heavy (non-hydrogen) atoms. The highest BCUT2D eigenvalue weighted by Crippen LogP contribution is 2.35. The zero-order valence-corrected chi connectivity index (χ0v) is 27.0. The van der Waals surface area contributed by atoms with Crippen LogP contribution < -0.4 is 10.5 Å². The Labute approximate surface area is 265 Å². The molecule has 3 heterocycles. The molecule has 1 aromatic carbocycles. The highest BCUT2D eigenvalue weighted by molar-refractivity contribution is 6.02. The molecule has 1 aliphatic heterocycles. The van der Waals surface area contributed by atoms with Gasteiger partial charge in [0.25, 0.3) is 5.56 Å². The van der Waals surface area contributed by atoms with Gasteiger partial charge in [0.2, 0.25) is 0 Å². The van der Waals surface area contributed by atoms with Crippen molar-refractivity contribution < 1.29 is 9.57 Å². The van der Waals surface area contributed by atoms with Crippen LogP contribution in [0.2, 0.25) is 0 Å². The van der Waals surface area contributed by atoms with Gasteiger partial charge in [-0.2, -0.15) is 10.5 Å². The average molecular weight is 610 g/mol. The first-order valence-electron chi connectivity index (χ1n) is 15.8. The van der Waals surface area contributed by atoms with E-state index in [4.69, 9.17) is 14.7 Å². The Morgan fingerprint density at radius 3 is 2.51 bits per heavy atom. The minimum Gasteiger partial charge on any atom is -0.390 e. The fourth-order valence-electron chi connectivity index (χ4n) is 6.37. The standard InChI is InChI=1S/C35H43N7O3/c1-35(2,3)45-39-31(26-8-6-7-24(21-26)15-16-42-17-19-44-20-18-42)25-9-12-28(13-10-25)40(4)33-29(23-37)34(43)41(5)30-14-11-27(22-36)38-32(30)33/h6-8,11,14,21,25,28H,9-10,12-13,15-20H2,1-5H3/b39-31-/t25-,28-. The molecule has 10 nitrogen and oxygen atoms in total. The molecule has 5 rings (SSSR count). The van der Waals surface area contributed by atoms with Gasteiger partial charge in [0.15, 0.2) is 0 Å². The highest BCUT2D eigenvalue weighted by atomic mass is 16.6. The van der Waals surface area contributed by atoms with Gasteiger partial charge < -0.3 is 19.0 Å².